The van der Waals surface area contributed by atoms with Gasteiger partial charge in [0.15, 0.2) is 0 Å². The van der Waals surface area contributed by atoms with E-state index in [-0.39, 0.29) is 6.04 Å². The second kappa shape index (κ2) is 7.00. The molecule has 1 aromatic heterocycles. The van der Waals surface area contributed by atoms with Gasteiger partial charge in [0.05, 0.1) is 19.6 Å². The highest BCUT2D eigenvalue weighted by atomic mass is 16.5. The van der Waals surface area contributed by atoms with Crippen LogP contribution in [0.5, 0.6) is 5.75 Å². The van der Waals surface area contributed by atoms with Crippen molar-refractivity contribution in [1.29, 1.82) is 0 Å². The fraction of sp³-hybridized carbons (Fsp3) is 0.375. The molecule has 0 amide bonds. The van der Waals surface area contributed by atoms with Crippen molar-refractivity contribution in [3.8, 4) is 5.75 Å². The molecule has 102 valence electrons. The van der Waals surface area contributed by atoms with Crippen LogP contribution < -0.4 is 10.1 Å². The van der Waals surface area contributed by atoms with Crippen molar-refractivity contribution in [2.75, 3.05) is 13.7 Å². The first-order valence-electron chi connectivity index (χ1n) is 6.72. The van der Waals surface area contributed by atoms with Gasteiger partial charge in [0.25, 0.3) is 0 Å². The monoisotopic (exact) mass is 259 g/mol. The lowest BCUT2D eigenvalue weighted by molar-refractivity contribution is 0.398. The maximum absolute atomic E-state index is 5.46. The molecular formula is C16H21NO2. The summed E-state index contributed by atoms with van der Waals surface area (Å²) in [5, 5.41) is 3.58. The van der Waals surface area contributed by atoms with E-state index in [1.165, 1.54) is 11.1 Å². The third kappa shape index (κ3) is 3.61. The Morgan fingerprint density at radius 3 is 2.79 bits per heavy atom. The number of hydrogen-bond donors (Lipinski definition) is 1. The highest BCUT2D eigenvalue weighted by Crippen LogP contribution is 2.27. The fourth-order valence-corrected chi connectivity index (χ4v) is 2.21. The number of para-hydroxylation sites is 1. The largest absolute Gasteiger partial charge is 0.496 e. The number of methoxy groups -OCH3 is 1. The van der Waals surface area contributed by atoms with E-state index < -0.39 is 0 Å². The summed E-state index contributed by atoms with van der Waals surface area (Å²) in [6.45, 7) is 3.16. The van der Waals surface area contributed by atoms with E-state index >= 15 is 0 Å². The zero-order chi connectivity index (χ0) is 13.5. The Morgan fingerprint density at radius 2 is 2.11 bits per heavy atom. The van der Waals surface area contributed by atoms with E-state index in [9.17, 15) is 0 Å². The number of furan rings is 1. The zero-order valence-electron chi connectivity index (χ0n) is 11.6. The lowest BCUT2D eigenvalue weighted by Gasteiger charge is -2.20. The van der Waals surface area contributed by atoms with Gasteiger partial charge in [-0.05, 0) is 37.1 Å². The Balaban J connectivity index is 2.20. The molecule has 0 saturated carbocycles. The van der Waals surface area contributed by atoms with Crippen molar-refractivity contribution >= 4 is 0 Å². The van der Waals surface area contributed by atoms with Gasteiger partial charge in [0, 0.05) is 11.6 Å². The topological polar surface area (TPSA) is 34.4 Å². The lowest BCUT2D eigenvalue weighted by atomic mass is 9.99. The molecule has 1 unspecified atom stereocenters. The maximum Gasteiger partial charge on any atom is 0.123 e. The summed E-state index contributed by atoms with van der Waals surface area (Å²) in [7, 11) is 1.72. The van der Waals surface area contributed by atoms with Crippen LogP contribution in [-0.4, -0.2) is 13.7 Å². The quantitative estimate of drug-likeness (QED) is 0.825. The second-order valence-corrected chi connectivity index (χ2v) is 4.58. The molecule has 0 radical (unpaired) electrons. The summed E-state index contributed by atoms with van der Waals surface area (Å²) >= 11 is 0. The normalized spacial score (nSPS) is 12.3. The molecule has 19 heavy (non-hydrogen) atoms. The Kier molecular flexibility index (Phi) is 5.04. The van der Waals surface area contributed by atoms with Crippen LogP contribution in [0.4, 0.5) is 0 Å². The first-order valence-corrected chi connectivity index (χ1v) is 6.72. The van der Waals surface area contributed by atoms with Crippen molar-refractivity contribution in [3.63, 3.8) is 0 Å². The molecule has 1 aromatic carbocycles. The van der Waals surface area contributed by atoms with Gasteiger partial charge in [0.2, 0.25) is 0 Å². The van der Waals surface area contributed by atoms with E-state index in [0.717, 1.165) is 25.1 Å². The third-order valence-electron chi connectivity index (χ3n) is 3.18. The number of ether oxygens (including phenoxy) is 1. The summed E-state index contributed by atoms with van der Waals surface area (Å²) in [4.78, 5) is 0. The van der Waals surface area contributed by atoms with Gasteiger partial charge in [-0.3, -0.25) is 0 Å². The molecule has 0 bridgehead atoms. The predicted molar refractivity (Wildman–Crippen MR) is 76.4 cm³/mol. The number of nitrogens with one attached hydrogen (secondary N) is 1. The molecule has 1 N–H and O–H groups in total. The Bertz CT molecular complexity index is 479. The molecule has 1 atom stereocenters. The molecule has 3 heteroatoms. The van der Waals surface area contributed by atoms with Crippen LogP contribution in [0, 0.1) is 0 Å². The molecule has 2 rings (SSSR count). The number of rotatable bonds is 7. The first kappa shape index (κ1) is 13.7. The molecule has 0 fully saturated rings. The van der Waals surface area contributed by atoms with Gasteiger partial charge in [-0.25, -0.2) is 0 Å². The van der Waals surface area contributed by atoms with Gasteiger partial charge < -0.3 is 14.5 Å². The minimum Gasteiger partial charge on any atom is -0.496 e. The van der Waals surface area contributed by atoms with E-state index in [4.69, 9.17) is 9.15 Å². The van der Waals surface area contributed by atoms with Crippen molar-refractivity contribution in [2.45, 2.75) is 25.8 Å². The van der Waals surface area contributed by atoms with Crippen LogP contribution >= 0.6 is 0 Å². The molecule has 2 aromatic rings. The first-order chi connectivity index (χ1) is 9.35. The molecule has 3 nitrogen and oxygen atoms in total. The SMILES string of the molecule is CCCNC(Cc1ccoc1)c1ccccc1OC. The summed E-state index contributed by atoms with van der Waals surface area (Å²) in [5.74, 6) is 0.930. The van der Waals surface area contributed by atoms with Gasteiger partial charge in [-0.1, -0.05) is 25.1 Å². The zero-order valence-corrected chi connectivity index (χ0v) is 11.6. The second-order valence-electron chi connectivity index (χ2n) is 4.58. The molecule has 0 aliphatic rings. The van der Waals surface area contributed by atoms with Crippen LogP contribution in [0.1, 0.15) is 30.5 Å². The van der Waals surface area contributed by atoms with E-state index in [1.54, 1.807) is 19.6 Å². The summed E-state index contributed by atoms with van der Waals surface area (Å²) in [5.41, 5.74) is 2.39. The fourth-order valence-electron chi connectivity index (χ4n) is 2.21. The lowest BCUT2D eigenvalue weighted by Crippen LogP contribution is -2.24. The highest BCUT2D eigenvalue weighted by Gasteiger charge is 2.16. The number of benzene rings is 1. The smallest absolute Gasteiger partial charge is 0.123 e. The summed E-state index contributed by atoms with van der Waals surface area (Å²) < 4.78 is 10.6. The van der Waals surface area contributed by atoms with Crippen LogP contribution in [0.15, 0.2) is 47.3 Å². The average Bonchev–Trinajstić information content (AvgIpc) is 2.96. The Hall–Kier alpha value is -1.74. The molecule has 0 spiro atoms. The molecule has 0 aliphatic carbocycles. The maximum atomic E-state index is 5.46. The standard InChI is InChI=1S/C16H21NO2/c1-3-9-17-15(11-13-8-10-19-12-13)14-6-4-5-7-16(14)18-2/h4-8,10,12,15,17H,3,9,11H2,1-2H3. The van der Waals surface area contributed by atoms with Crippen LogP contribution in [0.3, 0.4) is 0 Å². The summed E-state index contributed by atoms with van der Waals surface area (Å²) in [6, 6.07) is 10.4. The predicted octanol–water partition coefficient (Wildman–Crippen LogP) is 3.57. The van der Waals surface area contributed by atoms with Crippen LogP contribution in [-0.2, 0) is 6.42 Å². The van der Waals surface area contributed by atoms with Gasteiger partial charge in [-0.15, -0.1) is 0 Å². The van der Waals surface area contributed by atoms with Crippen LogP contribution in [0.25, 0.3) is 0 Å². The highest BCUT2D eigenvalue weighted by molar-refractivity contribution is 5.36. The molecule has 1 heterocycles. The molecule has 0 saturated heterocycles. The van der Waals surface area contributed by atoms with Gasteiger partial charge in [0.1, 0.15) is 5.75 Å². The van der Waals surface area contributed by atoms with Gasteiger partial charge in [-0.2, -0.15) is 0 Å². The third-order valence-corrected chi connectivity index (χ3v) is 3.18. The summed E-state index contributed by atoms with van der Waals surface area (Å²) in [6.07, 6.45) is 5.53. The van der Waals surface area contributed by atoms with Crippen molar-refractivity contribution in [3.05, 3.63) is 54.0 Å². The van der Waals surface area contributed by atoms with E-state index in [0.29, 0.717) is 0 Å². The molecule has 0 aliphatic heterocycles. The van der Waals surface area contributed by atoms with Gasteiger partial charge >= 0.3 is 0 Å². The Labute approximate surface area is 114 Å². The van der Waals surface area contributed by atoms with Crippen molar-refractivity contribution in [1.82, 2.24) is 5.32 Å². The van der Waals surface area contributed by atoms with E-state index in [1.807, 2.05) is 24.3 Å². The minimum atomic E-state index is 0.244. The van der Waals surface area contributed by atoms with E-state index in [2.05, 4.69) is 18.3 Å². The average molecular weight is 259 g/mol. The number of hydrogen-bond acceptors (Lipinski definition) is 3. The van der Waals surface area contributed by atoms with Crippen molar-refractivity contribution < 1.29 is 9.15 Å². The van der Waals surface area contributed by atoms with Crippen molar-refractivity contribution in [2.24, 2.45) is 0 Å². The Morgan fingerprint density at radius 1 is 1.26 bits per heavy atom. The minimum absolute atomic E-state index is 0.244. The molecular weight excluding hydrogens is 238 g/mol. The van der Waals surface area contributed by atoms with Crippen LogP contribution in [0.2, 0.25) is 0 Å².